The zero-order chi connectivity index (χ0) is 22.5. The van der Waals surface area contributed by atoms with Crippen molar-refractivity contribution in [1.82, 2.24) is 14.8 Å². The second-order valence-corrected chi connectivity index (χ2v) is 9.01. The van der Waals surface area contributed by atoms with E-state index >= 15 is 0 Å². The van der Waals surface area contributed by atoms with Crippen LogP contribution in [0.5, 0.6) is 17.2 Å². The van der Waals surface area contributed by atoms with Crippen LogP contribution in [0, 0.1) is 0 Å². The van der Waals surface area contributed by atoms with Gasteiger partial charge in [0.25, 0.3) is 0 Å². The van der Waals surface area contributed by atoms with E-state index in [4.69, 9.17) is 4.74 Å². The zero-order valence-corrected chi connectivity index (χ0v) is 18.8. The van der Waals surface area contributed by atoms with Crippen LogP contribution in [-0.2, 0) is 13.7 Å². The van der Waals surface area contributed by atoms with Gasteiger partial charge in [0.15, 0.2) is 28.3 Å². The number of carbonyl (C=O) groups is 1. The van der Waals surface area contributed by atoms with Crippen molar-refractivity contribution in [3.63, 3.8) is 0 Å². The summed E-state index contributed by atoms with van der Waals surface area (Å²) in [4.78, 5) is 12.4. The molecule has 1 saturated carbocycles. The summed E-state index contributed by atoms with van der Waals surface area (Å²) >= 11 is 1.26. The van der Waals surface area contributed by atoms with Gasteiger partial charge in [0.1, 0.15) is 12.4 Å². The molecule has 0 spiro atoms. The molecule has 168 valence electrons. The first-order valence-corrected chi connectivity index (χ1v) is 11.8. The quantitative estimate of drug-likeness (QED) is 0.286. The molecule has 2 N–H and O–H groups in total. The number of hydrogen-bond acceptors (Lipinski definition) is 7. The number of phenolic OH excluding ortho intramolecular Hbond substituents is 2. The molecule has 0 bridgehead atoms. The molecule has 0 radical (unpaired) electrons. The minimum Gasteiger partial charge on any atom is -0.504 e. The van der Waals surface area contributed by atoms with Crippen LogP contribution in [0.15, 0.2) is 47.6 Å². The standard InChI is InChI=1S/C24H27N3O4S/c1-27-23(14-31-19-10-7-17(8-11-19)16-5-3-2-4-6-16)25-26-24(27)32-15-22(30)18-9-12-20(28)21(29)13-18/h7-13,16,28-29H,2-6,14-15H2,1H3. The number of Topliss-reactive ketones (excluding diaryl/α,β-unsaturated/α-hetero) is 1. The molecule has 0 unspecified atom stereocenters. The highest BCUT2D eigenvalue weighted by atomic mass is 32.2. The number of ketones is 1. The summed E-state index contributed by atoms with van der Waals surface area (Å²) in [6.45, 7) is 0.284. The fourth-order valence-corrected chi connectivity index (χ4v) is 4.75. The van der Waals surface area contributed by atoms with E-state index in [1.807, 2.05) is 23.7 Å². The Bertz CT molecular complexity index is 1080. The molecule has 7 nitrogen and oxygen atoms in total. The van der Waals surface area contributed by atoms with Crippen molar-refractivity contribution in [2.75, 3.05) is 5.75 Å². The molecule has 1 aromatic heterocycles. The molecule has 8 heteroatoms. The molecule has 0 saturated heterocycles. The third kappa shape index (κ3) is 5.24. The summed E-state index contributed by atoms with van der Waals surface area (Å²) in [5.74, 6) is 1.53. The predicted molar refractivity (Wildman–Crippen MR) is 122 cm³/mol. The Kier molecular flexibility index (Phi) is 6.99. The Labute approximate surface area is 191 Å². The van der Waals surface area contributed by atoms with Gasteiger partial charge in [-0.25, -0.2) is 0 Å². The normalized spacial score (nSPS) is 14.4. The molecule has 1 heterocycles. The number of aromatic nitrogens is 3. The fraction of sp³-hybridized carbons (Fsp3) is 0.375. The van der Waals surface area contributed by atoms with E-state index in [1.54, 1.807) is 0 Å². The summed E-state index contributed by atoms with van der Waals surface area (Å²) in [7, 11) is 1.84. The number of phenols is 2. The van der Waals surface area contributed by atoms with Crippen LogP contribution in [0.4, 0.5) is 0 Å². The zero-order valence-electron chi connectivity index (χ0n) is 18.0. The lowest BCUT2D eigenvalue weighted by atomic mass is 9.84. The molecule has 0 aliphatic heterocycles. The van der Waals surface area contributed by atoms with Gasteiger partial charge >= 0.3 is 0 Å². The monoisotopic (exact) mass is 453 g/mol. The molecule has 1 aliphatic rings. The lowest BCUT2D eigenvalue weighted by Gasteiger charge is -2.22. The fourth-order valence-electron chi connectivity index (χ4n) is 3.93. The van der Waals surface area contributed by atoms with Crippen LogP contribution < -0.4 is 4.74 Å². The molecular weight excluding hydrogens is 426 g/mol. The van der Waals surface area contributed by atoms with E-state index in [1.165, 1.54) is 67.6 Å². The number of nitrogens with zero attached hydrogens (tertiary/aromatic N) is 3. The maximum Gasteiger partial charge on any atom is 0.191 e. The number of rotatable bonds is 8. The van der Waals surface area contributed by atoms with Crippen molar-refractivity contribution >= 4 is 17.5 Å². The molecular formula is C24H27N3O4S. The molecule has 2 aromatic carbocycles. The first-order valence-electron chi connectivity index (χ1n) is 10.8. The lowest BCUT2D eigenvalue weighted by molar-refractivity contribution is 0.102. The number of hydrogen-bond donors (Lipinski definition) is 2. The van der Waals surface area contributed by atoms with Gasteiger partial charge in [-0.2, -0.15) is 0 Å². The molecule has 3 aromatic rings. The highest BCUT2D eigenvalue weighted by molar-refractivity contribution is 7.99. The summed E-state index contributed by atoms with van der Waals surface area (Å²) in [6, 6.07) is 12.4. The maximum atomic E-state index is 12.4. The number of aromatic hydroxyl groups is 2. The van der Waals surface area contributed by atoms with Crippen LogP contribution in [-0.4, -0.2) is 36.5 Å². The van der Waals surface area contributed by atoms with Crippen LogP contribution in [0.25, 0.3) is 0 Å². The van der Waals surface area contributed by atoms with Gasteiger partial charge in [-0.3, -0.25) is 4.79 Å². The van der Waals surface area contributed by atoms with Gasteiger partial charge in [0.2, 0.25) is 0 Å². The van der Waals surface area contributed by atoms with E-state index in [-0.39, 0.29) is 29.6 Å². The average Bonchev–Trinajstić information content (AvgIpc) is 3.18. The minimum atomic E-state index is -0.314. The maximum absolute atomic E-state index is 12.4. The second kappa shape index (κ2) is 10.1. The van der Waals surface area contributed by atoms with E-state index in [0.29, 0.717) is 22.5 Å². The van der Waals surface area contributed by atoms with Gasteiger partial charge in [-0.1, -0.05) is 43.2 Å². The number of carbonyl (C=O) groups excluding carboxylic acids is 1. The van der Waals surface area contributed by atoms with Crippen molar-refractivity contribution < 1.29 is 19.7 Å². The summed E-state index contributed by atoms with van der Waals surface area (Å²) in [5, 5.41) is 27.9. The Morgan fingerprint density at radius 3 is 2.53 bits per heavy atom. The van der Waals surface area contributed by atoms with Crippen LogP contribution >= 0.6 is 11.8 Å². The molecule has 1 fully saturated rings. The Morgan fingerprint density at radius 1 is 1.06 bits per heavy atom. The minimum absolute atomic E-state index is 0.139. The highest BCUT2D eigenvalue weighted by Crippen LogP contribution is 2.33. The molecule has 32 heavy (non-hydrogen) atoms. The third-order valence-electron chi connectivity index (χ3n) is 5.88. The van der Waals surface area contributed by atoms with Gasteiger partial charge in [-0.05, 0) is 54.7 Å². The second-order valence-electron chi connectivity index (χ2n) is 8.07. The SMILES string of the molecule is Cn1c(COc2ccc(C3CCCCC3)cc2)nnc1SCC(=O)c1ccc(O)c(O)c1. The topological polar surface area (TPSA) is 97.5 Å². The summed E-state index contributed by atoms with van der Waals surface area (Å²) in [6.07, 6.45) is 6.53. The Hall–Kier alpha value is -3.00. The Morgan fingerprint density at radius 2 is 1.81 bits per heavy atom. The van der Waals surface area contributed by atoms with Crippen LogP contribution in [0.3, 0.4) is 0 Å². The molecule has 1 aliphatic carbocycles. The van der Waals surface area contributed by atoms with E-state index in [9.17, 15) is 15.0 Å². The van der Waals surface area contributed by atoms with Gasteiger partial charge in [0.05, 0.1) is 5.75 Å². The van der Waals surface area contributed by atoms with Crippen molar-refractivity contribution in [1.29, 1.82) is 0 Å². The smallest absolute Gasteiger partial charge is 0.191 e. The highest BCUT2D eigenvalue weighted by Gasteiger charge is 2.16. The van der Waals surface area contributed by atoms with E-state index in [2.05, 4.69) is 22.3 Å². The first kappa shape index (κ1) is 22.2. The molecule has 0 amide bonds. The first-order chi connectivity index (χ1) is 15.5. The van der Waals surface area contributed by atoms with Gasteiger partial charge in [0, 0.05) is 12.6 Å². The van der Waals surface area contributed by atoms with E-state index < -0.39 is 0 Å². The predicted octanol–water partition coefficient (Wildman–Crippen LogP) is 4.83. The lowest BCUT2D eigenvalue weighted by Crippen LogP contribution is -2.06. The summed E-state index contributed by atoms with van der Waals surface area (Å²) < 4.78 is 7.71. The number of thioether (sulfide) groups is 1. The molecule has 4 rings (SSSR count). The number of benzene rings is 2. The van der Waals surface area contributed by atoms with Gasteiger partial charge in [-0.15, -0.1) is 10.2 Å². The van der Waals surface area contributed by atoms with Crippen molar-refractivity contribution in [3.8, 4) is 17.2 Å². The summed E-state index contributed by atoms with van der Waals surface area (Å²) in [5.41, 5.74) is 1.72. The van der Waals surface area contributed by atoms with E-state index in [0.717, 1.165) is 5.75 Å². The largest absolute Gasteiger partial charge is 0.504 e. The van der Waals surface area contributed by atoms with Crippen molar-refractivity contribution in [3.05, 3.63) is 59.4 Å². The van der Waals surface area contributed by atoms with Gasteiger partial charge < -0.3 is 19.5 Å². The average molecular weight is 454 g/mol. The van der Waals surface area contributed by atoms with Crippen molar-refractivity contribution in [2.24, 2.45) is 7.05 Å². The van der Waals surface area contributed by atoms with Crippen molar-refractivity contribution in [2.45, 2.75) is 49.8 Å². The van der Waals surface area contributed by atoms with Crippen LogP contribution in [0.2, 0.25) is 0 Å². The number of ether oxygens (including phenoxy) is 1. The Balaban J connectivity index is 1.30. The third-order valence-corrected chi connectivity index (χ3v) is 6.90. The molecule has 0 atom stereocenters. The van der Waals surface area contributed by atoms with Crippen LogP contribution in [0.1, 0.15) is 59.8 Å².